The van der Waals surface area contributed by atoms with E-state index in [1.807, 2.05) is 13.8 Å². The van der Waals surface area contributed by atoms with Crippen molar-refractivity contribution in [3.8, 4) is 0 Å². The fourth-order valence-electron chi connectivity index (χ4n) is 3.51. The van der Waals surface area contributed by atoms with Gasteiger partial charge in [-0.3, -0.25) is 24.0 Å². The van der Waals surface area contributed by atoms with Crippen molar-refractivity contribution in [2.75, 3.05) is 6.54 Å². The summed E-state index contributed by atoms with van der Waals surface area (Å²) in [6.07, 6.45) is 7.97. The van der Waals surface area contributed by atoms with Crippen LogP contribution in [0.1, 0.15) is 79.6 Å². The molecule has 1 rings (SSSR count). The minimum atomic E-state index is -1.09. The number of carbonyl (C=O) groups excluding carboxylic acids is 5. The lowest BCUT2D eigenvalue weighted by molar-refractivity contribution is -0.141. The SMILES string of the molecule is CCC(C)CC/C=C/C(=O)NC1CCCNC(=O)C(CC(C)CC)NC(=O)C(=O)C(C)NC1=O. The molecule has 192 valence electrons. The highest BCUT2D eigenvalue weighted by atomic mass is 16.2. The van der Waals surface area contributed by atoms with Crippen molar-refractivity contribution in [2.45, 2.75) is 97.7 Å². The van der Waals surface area contributed by atoms with Gasteiger partial charge in [-0.15, -0.1) is 0 Å². The summed E-state index contributed by atoms with van der Waals surface area (Å²) in [7, 11) is 0. The van der Waals surface area contributed by atoms with Crippen LogP contribution in [0, 0.1) is 11.8 Å². The number of carbonyl (C=O) groups is 5. The molecular weight excluding hydrogens is 436 g/mol. The maximum Gasteiger partial charge on any atom is 0.290 e. The molecule has 1 saturated heterocycles. The van der Waals surface area contributed by atoms with Gasteiger partial charge in [-0.25, -0.2) is 0 Å². The summed E-state index contributed by atoms with van der Waals surface area (Å²) in [5.74, 6) is -2.32. The van der Waals surface area contributed by atoms with E-state index in [-0.39, 0.29) is 24.8 Å². The summed E-state index contributed by atoms with van der Waals surface area (Å²) < 4.78 is 0. The molecule has 1 aliphatic heterocycles. The Kier molecular flexibility index (Phi) is 13.1. The molecule has 4 N–H and O–H groups in total. The number of nitrogens with one attached hydrogen (secondary N) is 4. The Morgan fingerprint density at radius 3 is 2.38 bits per heavy atom. The van der Waals surface area contributed by atoms with Crippen LogP contribution in [0.5, 0.6) is 0 Å². The standard InChI is InChI=1S/C25H42N4O5/c1-6-16(3)11-8-9-13-21(30)28-19-12-10-14-26-23(32)20(15-17(4)7-2)29-25(34)22(31)18(5)27-24(19)33/h9,13,16-20H,6-8,10-12,14-15H2,1-5H3,(H,26,32)(H,27,33)(H,28,30)(H,29,34)/b13-9+. The smallest absolute Gasteiger partial charge is 0.290 e. The topological polar surface area (TPSA) is 133 Å². The maximum absolute atomic E-state index is 12.8. The number of hydrogen-bond acceptors (Lipinski definition) is 5. The van der Waals surface area contributed by atoms with Gasteiger partial charge >= 0.3 is 0 Å². The summed E-state index contributed by atoms with van der Waals surface area (Å²) in [5, 5.41) is 10.5. The van der Waals surface area contributed by atoms with Gasteiger partial charge < -0.3 is 21.3 Å². The van der Waals surface area contributed by atoms with E-state index in [0.29, 0.717) is 18.8 Å². The molecule has 5 unspecified atom stereocenters. The highest BCUT2D eigenvalue weighted by molar-refractivity contribution is 6.38. The largest absolute Gasteiger partial charge is 0.354 e. The van der Waals surface area contributed by atoms with Gasteiger partial charge in [0, 0.05) is 6.54 Å². The lowest BCUT2D eigenvalue weighted by Crippen LogP contribution is -2.54. The molecule has 9 heteroatoms. The number of hydrogen-bond donors (Lipinski definition) is 4. The van der Waals surface area contributed by atoms with Crippen LogP contribution in [0.3, 0.4) is 0 Å². The molecule has 1 heterocycles. The molecule has 0 radical (unpaired) electrons. The third-order valence-corrected chi connectivity index (χ3v) is 6.33. The molecule has 9 nitrogen and oxygen atoms in total. The molecule has 0 aromatic rings. The third-order valence-electron chi connectivity index (χ3n) is 6.33. The van der Waals surface area contributed by atoms with Crippen LogP contribution < -0.4 is 21.3 Å². The molecule has 0 aromatic heterocycles. The first-order valence-corrected chi connectivity index (χ1v) is 12.5. The number of allylic oxidation sites excluding steroid dienone is 1. The van der Waals surface area contributed by atoms with E-state index in [9.17, 15) is 24.0 Å². The highest BCUT2D eigenvalue weighted by Crippen LogP contribution is 2.11. The molecule has 1 fully saturated rings. The summed E-state index contributed by atoms with van der Waals surface area (Å²) >= 11 is 0. The zero-order chi connectivity index (χ0) is 25.7. The average Bonchev–Trinajstić information content (AvgIpc) is 2.81. The van der Waals surface area contributed by atoms with Gasteiger partial charge in [0.1, 0.15) is 12.1 Å². The van der Waals surface area contributed by atoms with E-state index in [0.717, 1.165) is 25.7 Å². The first-order valence-electron chi connectivity index (χ1n) is 12.5. The third kappa shape index (κ3) is 10.5. The number of Topliss-reactive ketones (excluding diaryl/α,β-unsaturated/α-hetero) is 1. The zero-order valence-corrected chi connectivity index (χ0v) is 21.2. The first-order chi connectivity index (χ1) is 16.1. The second-order valence-electron chi connectivity index (χ2n) is 9.36. The second-order valence-corrected chi connectivity index (χ2v) is 9.36. The van der Waals surface area contributed by atoms with Crippen LogP contribution in [0.4, 0.5) is 0 Å². The number of ketones is 1. The Balaban J connectivity index is 2.88. The predicted octanol–water partition coefficient (Wildman–Crippen LogP) is 1.76. The zero-order valence-electron chi connectivity index (χ0n) is 21.2. The fraction of sp³-hybridized carbons (Fsp3) is 0.720. The number of amides is 4. The van der Waals surface area contributed by atoms with Crippen LogP contribution in [0.2, 0.25) is 0 Å². The van der Waals surface area contributed by atoms with E-state index in [1.54, 1.807) is 6.08 Å². The molecule has 0 bridgehead atoms. The molecular formula is C25H42N4O5. The Labute approximate surface area is 203 Å². The maximum atomic E-state index is 12.8. The van der Waals surface area contributed by atoms with Crippen molar-refractivity contribution >= 4 is 29.4 Å². The van der Waals surface area contributed by atoms with Gasteiger partial charge in [0.2, 0.25) is 23.5 Å². The van der Waals surface area contributed by atoms with Crippen LogP contribution in [0.25, 0.3) is 0 Å². The summed E-state index contributed by atoms with van der Waals surface area (Å²) in [6.45, 7) is 9.92. The van der Waals surface area contributed by atoms with Gasteiger partial charge in [-0.1, -0.05) is 46.6 Å². The Morgan fingerprint density at radius 1 is 1.06 bits per heavy atom. The average molecular weight is 479 g/mol. The molecule has 34 heavy (non-hydrogen) atoms. The van der Waals surface area contributed by atoms with Gasteiger partial charge in [-0.2, -0.15) is 0 Å². The van der Waals surface area contributed by atoms with Crippen LogP contribution in [-0.2, 0) is 24.0 Å². The minimum absolute atomic E-state index is 0.178. The Hall–Kier alpha value is -2.71. The van der Waals surface area contributed by atoms with E-state index in [2.05, 4.69) is 35.1 Å². The molecule has 4 amide bonds. The van der Waals surface area contributed by atoms with E-state index in [1.165, 1.54) is 13.0 Å². The van der Waals surface area contributed by atoms with Gasteiger partial charge in [-0.05, 0) is 56.9 Å². The molecule has 1 aliphatic rings. The van der Waals surface area contributed by atoms with Gasteiger partial charge in [0.05, 0.1) is 6.04 Å². The van der Waals surface area contributed by atoms with Crippen LogP contribution in [0.15, 0.2) is 12.2 Å². The van der Waals surface area contributed by atoms with E-state index >= 15 is 0 Å². The normalized spacial score (nSPS) is 24.7. The van der Waals surface area contributed by atoms with Gasteiger partial charge in [0.15, 0.2) is 0 Å². The van der Waals surface area contributed by atoms with Gasteiger partial charge in [0.25, 0.3) is 5.91 Å². The second kappa shape index (κ2) is 15.2. The lowest BCUT2D eigenvalue weighted by Gasteiger charge is -2.21. The van der Waals surface area contributed by atoms with Crippen molar-refractivity contribution < 1.29 is 24.0 Å². The monoisotopic (exact) mass is 478 g/mol. The minimum Gasteiger partial charge on any atom is -0.354 e. The molecule has 0 aliphatic carbocycles. The molecule has 0 aromatic carbocycles. The molecule has 0 saturated carbocycles. The fourth-order valence-corrected chi connectivity index (χ4v) is 3.51. The molecule has 5 atom stereocenters. The van der Waals surface area contributed by atoms with Crippen LogP contribution >= 0.6 is 0 Å². The van der Waals surface area contributed by atoms with E-state index in [4.69, 9.17) is 0 Å². The number of rotatable bonds is 9. The Bertz CT molecular complexity index is 752. The van der Waals surface area contributed by atoms with Crippen molar-refractivity contribution in [1.29, 1.82) is 0 Å². The summed E-state index contributed by atoms with van der Waals surface area (Å²) in [4.78, 5) is 62.7. The molecule has 0 spiro atoms. The van der Waals surface area contributed by atoms with Crippen molar-refractivity contribution in [3.05, 3.63) is 12.2 Å². The van der Waals surface area contributed by atoms with Crippen molar-refractivity contribution in [3.63, 3.8) is 0 Å². The quantitative estimate of drug-likeness (QED) is 0.296. The first kappa shape index (κ1) is 29.3. The summed E-state index contributed by atoms with van der Waals surface area (Å²) in [5.41, 5.74) is 0. The van der Waals surface area contributed by atoms with Crippen LogP contribution in [-0.4, -0.2) is 54.1 Å². The predicted molar refractivity (Wildman–Crippen MR) is 131 cm³/mol. The lowest BCUT2D eigenvalue weighted by atomic mass is 9.98. The van der Waals surface area contributed by atoms with Crippen molar-refractivity contribution in [2.24, 2.45) is 11.8 Å². The van der Waals surface area contributed by atoms with Crippen molar-refractivity contribution in [1.82, 2.24) is 21.3 Å². The highest BCUT2D eigenvalue weighted by Gasteiger charge is 2.31. The van der Waals surface area contributed by atoms with E-state index < -0.39 is 41.6 Å². The summed E-state index contributed by atoms with van der Waals surface area (Å²) in [6, 6.07) is -2.81. The Morgan fingerprint density at radius 2 is 1.74 bits per heavy atom.